The van der Waals surface area contributed by atoms with E-state index < -0.39 is 29.5 Å². The summed E-state index contributed by atoms with van der Waals surface area (Å²) < 4.78 is 10.3. The first kappa shape index (κ1) is 21.6. The molecule has 0 heterocycles. The molecule has 0 saturated carbocycles. The van der Waals surface area contributed by atoms with Crippen LogP contribution in [-0.2, 0) is 19.1 Å². The lowest BCUT2D eigenvalue weighted by Crippen LogP contribution is -2.47. The summed E-state index contributed by atoms with van der Waals surface area (Å²) in [6.07, 6.45) is 1.38. The average Bonchev–Trinajstić information content (AvgIpc) is 2.44. The first-order valence-corrected chi connectivity index (χ1v) is 7.80. The van der Waals surface area contributed by atoms with Crippen molar-refractivity contribution in [2.24, 2.45) is 22.8 Å². The van der Waals surface area contributed by atoms with Crippen LogP contribution < -0.4 is 11.5 Å². The van der Waals surface area contributed by atoms with Crippen LogP contribution in [0.3, 0.4) is 0 Å². The van der Waals surface area contributed by atoms with Crippen LogP contribution in [0.5, 0.6) is 0 Å². The molecule has 0 aromatic carbocycles. The van der Waals surface area contributed by atoms with Crippen molar-refractivity contribution >= 4 is 11.9 Å². The highest BCUT2D eigenvalue weighted by Crippen LogP contribution is 2.35. The molecule has 7 heteroatoms. The fourth-order valence-electron chi connectivity index (χ4n) is 2.45. The van der Waals surface area contributed by atoms with Gasteiger partial charge in [0.05, 0.1) is 19.6 Å². The molecule has 0 bridgehead atoms. The highest BCUT2D eigenvalue weighted by atomic mass is 16.5. The number of hydrogen-bond donors (Lipinski definition) is 3. The monoisotopic (exact) mass is 330 g/mol. The highest BCUT2D eigenvalue weighted by Gasteiger charge is 2.39. The molecule has 7 nitrogen and oxygen atoms in total. The summed E-state index contributed by atoms with van der Waals surface area (Å²) in [5.41, 5.74) is 10.6. The normalized spacial score (nSPS) is 17.5. The van der Waals surface area contributed by atoms with Crippen molar-refractivity contribution in [1.82, 2.24) is 0 Å². The summed E-state index contributed by atoms with van der Waals surface area (Å²) in [5, 5.41) is 9.89. The number of nitrogens with two attached hydrogens (primary N) is 2. The second kappa shape index (κ2) is 10.4. The number of ether oxygens (including phenoxy) is 2. The molecule has 134 valence electrons. The van der Waals surface area contributed by atoms with Gasteiger partial charge < -0.3 is 26.0 Å². The van der Waals surface area contributed by atoms with Crippen LogP contribution in [-0.4, -0.2) is 42.5 Å². The van der Waals surface area contributed by atoms with Crippen LogP contribution in [0, 0.1) is 11.3 Å². The molecule has 0 aromatic rings. The fraction of sp³-hybridized carbons (Fsp3) is 0.750. The van der Waals surface area contributed by atoms with E-state index in [9.17, 15) is 14.7 Å². The van der Waals surface area contributed by atoms with Crippen LogP contribution >= 0.6 is 0 Å². The third kappa shape index (κ3) is 8.11. The van der Waals surface area contributed by atoms with Gasteiger partial charge in [-0.3, -0.25) is 4.79 Å². The van der Waals surface area contributed by atoms with Crippen molar-refractivity contribution in [2.45, 2.75) is 52.3 Å². The molecule has 0 rings (SSSR count). The topological polar surface area (TPSA) is 125 Å². The van der Waals surface area contributed by atoms with Crippen LogP contribution in [0.4, 0.5) is 0 Å². The molecule has 0 aliphatic rings. The van der Waals surface area contributed by atoms with Gasteiger partial charge in [-0.25, -0.2) is 4.79 Å². The molecule has 0 aliphatic carbocycles. The minimum Gasteiger partial charge on any atom is -0.465 e. The predicted octanol–water partition coefficient (Wildman–Crippen LogP) is 0.696. The quantitative estimate of drug-likeness (QED) is 0.289. The largest absolute Gasteiger partial charge is 0.465 e. The van der Waals surface area contributed by atoms with E-state index in [0.29, 0.717) is 6.42 Å². The molecule has 0 saturated heterocycles. The Kier molecular flexibility index (Phi) is 9.71. The Morgan fingerprint density at radius 3 is 2.39 bits per heavy atom. The summed E-state index contributed by atoms with van der Waals surface area (Å²) in [7, 11) is 0. The standard InChI is InChI=1S/C16H30N2O5/c1-5-7-16(4,10-23-13(19)6-2)12(15(18)21)9-22-14(20)8-11(3)17/h6,11-12,15,21H,2,5,7-10,17-18H2,1,3-4H3. The summed E-state index contributed by atoms with van der Waals surface area (Å²) in [6, 6.07) is -0.306. The van der Waals surface area contributed by atoms with E-state index in [1.54, 1.807) is 6.92 Å². The van der Waals surface area contributed by atoms with Crippen molar-refractivity contribution in [1.29, 1.82) is 0 Å². The van der Waals surface area contributed by atoms with Gasteiger partial charge in [-0.05, 0) is 13.3 Å². The SMILES string of the molecule is C=CC(=O)OCC(C)(CCC)C(COC(=O)CC(C)N)C(N)O. The van der Waals surface area contributed by atoms with Crippen molar-refractivity contribution in [3.63, 3.8) is 0 Å². The Hall–Kier alpha value is -1.44. The van der Waals surface area contributed by atoms with Crippen molar-refractivity contribution < 1.29 is 24.2 Å². The Labute approximate surface area is 138 Å². The molecule has 23 heavy (non-hydrogen) atoms. The maximum atomic E-state index is 11.7. The van der Waals surface area contributed by atoms with E-state index >= 15 is 0 Å². The molecule has 0 amide bonds. The Morgan fingerprint density at radius 1 is 1.35 bits per heavy atom. The second-order valence-electron chi connectivity index (χ2n) is 6.18. The lowest BCUT2D eigenvalue weighted by molar-refractivity contribution is -0.154. The molecule has 0 fully saturated rings. The Balaban J connectivity index is 4.96. The van der Waals surface area contributed by atoms with Crippen LogP contribution in [0.15, 0.2) is 12.7 Å². The lowest BCUT2D eigenvalue weighted by Gasteiger charge is -2.38. The van der Waals surface area contributed by atoms with Crippen LogP contribution in [0.1, 0.15) is 40.0 Å². The molecule has 0 radical (unpaired) electrons. The third-order valence-corrected chi connectivity index (χ3v) is 3.75. The van der Waals surface area contributed by atoms with Gasteiger partial charge in [0.2, 0.25) is 0 Å². The number of esters is 2. The lowest BCUT2D eigenvalue weighted by atomic mass is 9.73. The third-order valence-electron chi connectivity index (χ3n) is 3.75. The van der Waals surface area contributed by atoms with E-state index in [2.05, 4.69) is 6.58 Å². The summed E-state index contributed by atoms with van der Waals surface area (Å²) >= 11 is 0. The number of aliphatic hydroxyl groups excluding tert-OH is 1. The molecule has 0 spiro atoms. The van der Waals surface area contributed by atoms with Crippen molar-refractivity contribution in [3.05, 3.63) is 12.7 Å². The van der Waals surface area contributed by atoms with Gasteiger partial charge in [-0.2, -0.15) is 0 Å². The molecule has 4 atom stereocenters. The predicted molar refractivity (Wildman–Crippen MR) is 87.1 cm³/mol. The Bertz CT molecular complexity index is 398. The number of carbonyl (C=O) groups is 2. The van der Waals surface area contributed by atoms with E-state index in [4.69, 9.17) is 20.9 Å². The van der Waals surface area contributed by atoms with Crippen molar-refractivity contribution in [2.75, 3.05) is 13.2 Å². The van der Waals surface area contributed by atoms with Crippen LogP contribution in [0.2, 0.25) is 0 Å². The van der Waals surface area contributed by atoms with E-state index in [1.807, 2.05) is 13.8 Å². The van der Waals surface area contributed by atoms with Gasteiger partial charge in [0, 0.05) is 23.5 Å². The molecule has 0 aromatic heterocycles. The zero-order valence-electron chi connectivity index (χ0n) is 14.3. The van der Waals surface area contributed by atoms with Gasteiger partial charge in [0.1, 0.15) is 6.23 Å². The number of aliphatic hydroxyl groups is 1. The molecule has 5 N–H and O–H groups in total. The molecular formula is C16H30N2O5. The molecular weight excluding hydrogens is 300 g/mol. The minimum absolute atomic E-state index is 0.0511. The average molecular weight is 330 g/mol. The van der Waals surface area contributed by atoms with Crippen molar-refractivity contribution in [3.8, 4) is 0 Å². The van der Waals surface area contributed by atoms with Crippen LogP contribution in [0.25, 0.3) is 0 Å². The van der Waals surface area contributed by atoms with Gasteiger partial charge >= 0.3 is 11.9 Å². The first-order valence-electron chi connectivity index (χ1n) is 7.80. The zero-order chi connectivity index (χ0) is 18.0. The first-order chi connectivity index (χ1) is 10.7. The highest BCUT2D eigenvalue weighted by molar-refractivity contribution is 5.81. The minimum atomic E-state index is -1.21. The number of hydrogen-bond acceptors (Lipinski definition) is 7. The number of rotatable bonds is 11. The molecule has 0 aliphatic heterocycles. The van der Waals surface area contributed by atoms with E-state index in [1.165, 1.54) is 0 Å². The maximum absolute atomic E-state index is 11.7. The second-order valence-corrected chi connectivity index (χ2v) is 6.18. The smallest absolute Gasteiger partial charge is 0.330 e. The van der Waals surface area contributed by atoms with Gasteiger partial charge in [-0.1, -0.05) is 26.8 Å². The van der Waals surface area contributed by atoms with E-state index in [-0.39, 0.29) is 25.7 Å². The molecule has 4 unspecified atom stereocenters. The maximum Gasteiger partial charge on any atom is 0.330 e. The summed E-state index contributed by atoms with van der Waals surface area (Å²) in [5.74, 6) is -1.57. The van der Waals surface area contributed by atoms with Gasteiger partial charge in [-0.15, -0.1) is 0 Å². The summed E-state index contributed by atoms with van der Waals surface area (Å²) in [6.45, 7) is 8.84. The van der Waals surface area contributed by atoms with Gasteiger partial charge in [0.25, 0.3) is 0 Å². The summed E-state index contributed by atoms with van der Waals surface area (Å²) in [4.78, 5) is 23.0. The zero-order valence-corrected chi connectivity index (χ0v) is 14.3. The van der Waals surface area contributed by atoms with E-state index in [0.717, 1.165) is 12.5 Å². The van der Waals surface area contributed by atoms with Gasteiger partial charge in [0.15, 0.2) is 0 Å². The number of carbonyl (C=O) groups excluding carboxylic acids is 2. The Morgan fingerprint density at radius 2 is 1.96 bits per heavy atom. The fourth-order valence-corrected chi connectivity index (χ4v) is 2.45.